The Hall–Kier alpha value is -2.36. The summed E-state index contributed by atoms with van der Waals surface area (Å²) in [5.41, 5.74) is 17.6. The second-order valence-corrected chi connectivity index (χ2v) is 5.54. The number of hydrogen-bond donors (Lipinski definition) is 3. The molecule has 4 nitrogen and oxygen atoms in total. The Morgan fingerprint density at radius 2 is 1.24 bits per heavy atom. The molecule has 0 heterocycles. The van der Waals surface area contributed by atoms with Gasteiger partial charge in [-0.1, -0.05) is 0 Å². The van der Waals surface area contributed by atoms with Crippen molar-refractivity contribution in [1.82, 2.24) is 0 Å². The first-order valence-electron chi connectivity index (χ1n) is 6.86. The molecule has 2 aromatic rings. The predicted octanol–water partition coefficient (Wildman–Crippen LogP) is 3.89. The van der Waals surface area contributed by atoms with E-state index in [1.807, 2.05) is 33.8 Å². The van der Waals surface area contributed by atoms with Crippen molar-refractivity contribution in [3.63, 3.8) is 0 Å². The Labute approximate surface area is 125 Å². The molecule has 112 valence electrons. The summed E-state index contributed by atoms with van der Waals surface area (Å²) < 4.78 is 6.00. The van der Waals surface area contributed by atoms with E-state index < -0.39 is 0 Å². The average Bonchev–Trinajstić information content (AvgIpc) is 2.45. The van der Waals surface area contributed by atoms with Crippen molar-refractivity contribution in [2.75, 3.05) is 11.5 Å². The van der Waals surface area contributed by atoms with Gasteiger partial charge in [-0.15, -0.1) is 0 Å². The molecular formula is C17H22N2O2. The molecule has 0 aliphatic rings. The molecule has 0 radical (unpaired) electrons. The first kappa shape index (κ1) is 15.0. The molecule has 0 saturated carbocycles. The molecule has 0 aliphatic carbocycles. The highest BCUT2D eigenvalue weighted by Crippen LogP contribution is 2.39. The van der Waals surface area contributed by atoms with Crippen LogP contribution in [0.1, 0.15) is 27.8 Å². The van der Waals surface area contributed by atoms with E-state index in [-0.39, 0.29) is 5.75 Å². The molecule has 5 N–H and O–H groups in total. The van der Waals surface area contributed by atoms with Crippen LogP contribution < -0.4 is 16.2 Å². The van der Waals surface area contributed by atoms with E-state index >= 15 is 0 Å². The maximum atomic E-state index is 9.86. The second kappa shape index (κ2) is 5.20. The molecule has 21 heavy (non-hydrogen) atoms. The first-order chi connectivity index (χ1) is 9.73. The summed E-state index contributed by atoms with van der Waals surface area (Å²) in [6.45, 7) is 9.54. The van der Waals surface area contributed by atoms with Gasteiger partial charge in [0.15, 0.2) is 0 Å². The van der Waals surface area contributed by atoms with Crippen LogP contribution in [0, 0.1) is 34.6 Å². The van der Waals surface area contributed by atoms with Crippen LogP contribution in [0.5, 0.6) is 17.2 Å². The summed E-state index contributed by atoms with van der Waals surface area (Å²) in [6.07, 6.45) is 0. The summed E-state index contributed by atoms with van der Waals surface area (Å²) in [4.78, 5) is 0. The van der Waals surface area contributed by atoms with Crippen LogP contribution in [0.4, 0.5) is 11.4 Å². The lowest BCUT2D eigenvalue weighted by Crippen LogP contribution is -2.01. The molecule has 0 atom stereocenters. The fourth-order valence-electron chi connectivity index (χ4n) is 2.27. The molecule has 2 aromatic carbocycles. The third-order valence-corrected chi connectivity index (χ3v) is 4.09. The van der Waals surface area contributed by atoms with Gasteiger partial charge in [0.1, 0.15) is 17.2 Å². The lowest BCUT2D eigenvalue weighted by Gasteiger charge is -2.17. The van der Waals surface area contributed by atoms with E-state index in [1.165, 1.54) is 0 Å². The fraction of sp³-hybridized carbons (Fsp3) is 0.294. The number of anilines is 2. The molecule has 0 aliphatic heterocycles. The summed E-state index contributed by atoms with van der Waals surface area (Å²) in [5.74, 6) is 1.45. The lowest BCUT2D eigenvalue weighted by molar-refractivity contribution is 0.459. The standard InChI is InChI=1S/C17H22N2O2/c1-8-6-13(11(4)15(18)10(8)3)21-14-7-9(2)17(20)16(19)12(14)5/h6-7,20H,18-19H2,1-5H3. The summed E-state index contributed by atoms with van der Waals surface area (Å²) in [6, 6.07) is 3.75. The smallest absolute Gasteiger partial charge is 0.141 e. The van der Waals surface area contributed by atoms with Gasteiger partial charge in [-0.3, -0.25) is 0 Å². The summed E-state index contributed by atoms with van der Waals surface area (Å²) in [5, 5.41) is 9.86. The lowest BCUT2D eigenvalue weighted by atomic mass is 10.0. The zero-order valence-corrected chi connectivity index (χ0v) is 13.2. The normalized spacial score (nSPS) is 10.7. The van der Waals surface area contributed by atoms with Gasteiger partial charge in [0.2, 0.25) is 0 Å². The highest BCUT2D eigenvalue weighted by Gasteiger charge is 2.14. The highest BCUT2D eigenvalue weighted by molar-refractivity contribution is 5.67. The molecule has 0 fully saturated rings. The number of ether oxygens (including phenoxy) is 1. The monoisotopic (exact) mass is 286 g/mol. The summed E-state index contributed by atoms with van der Waals surface area (Å²) >= 11 is 0. The molecule has 4 heteroatoms. The van der Waals surface area contributed by atoms with Gasteiger partial charge >= 0.3 is 0 Å². The predicted molar refractivity (Wildman–Crippen MR) is 87.1 cm³/mol. The van der Waals surface area contributed by atoms with E-state index in [2.05, 4.69) is 0 Å². The van der Waals surface area contributed by atoms with Crippen molar-refractivity contribution < 1.29 is 9.84 Å². The molecule has 0 aromatic heterocycles. The largest absolute Gasteiger partial charge is 0.505 e. The Bertz CT molecular complexity index is 660. The maximum absolute atomic E-state index is 9.86. The van der Waals surface area contributed by atoms with E-state index in [0.717, 1.165) is 22.4 Å². The van der Waals surface area contributed by atoms with Gasteiger partial charge in [-0.05, 0) is 63.4 Å². The Kier molecular flexibility index (Phi) is 3.73. The van der Waals surface area contributed by atoms with Crippen molar-refractivity contribution in [3.8, 4) is 17.2 Å². The van der Waals surface area contributed by atoms with Crippen LogP contribution in [0.2, 0.25) is 0 Å². The van der Waals surface area contributed by atoms with E-state index in [0.29, 0.717) is 28.3 Å². The number of benzene rings is 2. The molecule has 2 rings (SSSR count). The van der Waals surface area contributed by atoms with Crippen LogP contribution in [-0.2, 0) is 0 Å². The van der Waals surface area contributed by atoms with Crippen molar-refractivity contribution in [2.24, 2.45) is 0 Å². The van der Waals surface area contributed by atoms with Gasteiger partial charge in [0.25, 0.3) is 0 Å². The Balaban J connectivity index is 2.54. The number of aryl methyl sites for hydroxylation is 2. The Morgan fingerprint density at radius 1 is 0.762 bits per heavy atom. The van der Waals surface area contributed by atoms with E-state index in [4.69, 9.17) is 16.2 Å². The highest BCUT2D eigenvalue weighted by atomic mass is 16.5. The van der Waals surface area contributed by atoms with Crippen molar-refractivity contribution in [1.29, 1.82) is 0 Å². The Morgan fingerprint density at radius 3 is 1.81 bits per heavy atom. The number of rotatable bonds is 2. The van der Waals surface area contributed by atoms with Gasteiger partial charge in [0.05, 0.1) is 5.69 Å². The van der Waals surface area contributed by atoms with E-state index in [9.17, 15) is 5.11 Å². The fourth-order valence-corrected chi connectivity index (χ4v) is 2.27. The van der Waals surface area contributed by atoms with Crippen LogP contribution in [-0.4, -0.2) is 5.11 Å². The molecule has 0 bridgehead atoms. The molecular weight excluding hydrogens is 264 g/mol. The zero-order chi connectivity index (χ0) is 15.9. The SMILES string of the molecule is Cc1cc(Oc2cc(C)c(O)c(N)c2C)c(C)c(N)c1C. The van der Waals surface area contributed by atoms with Crippen LogP contribution in [0.25, 0.3) is 0 Å². The quantitative estimate of drug-likeness (QED) is 0.578. The van der Waals surface area contributed by atoms with E-state index in [1.54, 1.807) is 13.0 Å². The number of nitrogen functional groups attached to an aromatic ring is 2. The third-order valence-electron chi connectivity index (χ3n) is 4.09. The minimum atomic E-state index is 0.108. The summed E-state index contributed by atoms with van der Waals surface area (Å²) in [7, 11) is 0. The number of phenols is 1. The molecule has 0 spiro atoms. The topological polar surface area (TPSA) is 81.5 Å². The van der Waals surface area contributed by atoms with Crippen molar-refractivity contribution in [3.05, 3.63) is 39.9 Å². The van der Waals surface area contributed by atoms with Gasteiger partial charge in [-0.2, -0.15) is 0 Å². The maximum Gasteiger partial charge on any atom is 0.141 e. The first-order valence-corrected chi connectivity index (χ1v) is 6.86. The van der Waals surface area contributed by atoms with Gasteiger partial charge < -0.3 is 21.3 Å². The molecule has 0 saturated heterocycles. The average molecular weight is 286 g/mol. The molecule has 0 unspecified atom stereocenters. The minimum Gasteiger partial charge on any atom is -0.505 e. The zero-order valence-electron chi connectivity index (χ0n) is 13.2. The molecule has 0 amide bonds. The number of phenolic OH excluding ortho intramolecular Hbond substituents is 1. The van der Waals surface area contributed by atoms with Crippen LogP contribution in [0.15, 0.2) is 12.1 Å². The third kappa shape index (κ3) is 2.49. The number of nitrogens with two attached hydrogens (primary N) is 2. The van der Waals surface area contributed by atoms with Crippen molar-refractivity contribution in [2.45, 2.75) is 34.6 Å². The van der Waals surface area contributed by atoms with Crippen LogP contribution in [0.3, 0.4) is 0 Å². The number of aromatic hydroxyl groups is 1. The van der Waals surface area contributed by atoms with Gasteiger partial charge in [-0.25, -0.2) is 0 Å². The second-order valence-electron chi connectivity index (χ2n) is 5.54. The van der Waals surface area contributed by atoms with Crippen LogP contribution >= 0.6 is 0 Å². The van der Waals surface area contributed by atoms with Gasteiger partial charge in [0, 0.05) is 16.8 Å². The minimum absolute atomic E-state index is 0.108. The number of hydrogen-bond acceptors (Lipinski definition) is 4. The van der Waals surface area contributed by atoms with Crippen molar-refractivity contribution >= 4 is 11.4 Å².